The van der Waals surface area contributed by atoms with Crippen molar-refractivity contribution in [3.05, 3.63) is 82.7 Å². The van der Waals surface area contributed by atoms with Gasteiger partial charge in [0.25, 0.3) is 0 Å². The van der Waals surface area contributed by atoms with E-state index in [4.69, 9.17) is 18.6 Å². The van der Waals surface area contributed by atoms with Crippen LogP contribution in [0.5, 0.6) is 11.5 Å². The lowest BCUT2D eigenvalue weighted by Gasteiger charge is -2.08. The maximum absolute atomic E-state index is 12.0. The predicted molar refractivity (Wildman–Crippen MR) is 100 cm³/mol. The molecule has 0 N–H and O–H groups in total. The molecule has 0 spiro atoms. The second-order valence-corrected chi connectivity index (χ2v) is 6.10. The smallest absolute Gasteiger partial charge is 0.379 e. The summed E-state index contributed by atoms with van der Waals surface area (Å²) >= 11 is 3.12. The molecule has 0 fully saturated rings. The van der Waals surface area contributed by atoms with E-state index in [1.165, 1.54) is 30.3 Å². The second kappa shape index (κ2) is 9.05. The van der Waals surface area contributed by atoms with Gasteiger partial charge in [-0.1, -0.05) is 18.2 Å². The van der Waals surface area contributed by atoms with Crippen molar-refractivity contribution >= 4 is 27.9 Å². The van der Waals surface area contributed by atoms with Gasteiger partial charge in [0.2, 0.25) is 5.76 Å². The third-order valence-corrected chi connectivity index (χ3v) is 3.83. The van der Waals surface area contributed by atoms with Crippen LogP contribution >= 0.6 is 15.9 Å². The Bertz CT molecular complexity index is 902. The van der Waals surface area contributed by atoms with Gasteiger partial charge in [0.1, 0.15) is 24.7 Å². The van der Waals surface area contributed by atoms with Crippen molar-refractivity contribution in [2.75, 3.05) is 13.2 Å². The van der Waals surface area contributed by atoms with Gasteiger partial charge < -0.3 is 18.6 Å². The molecule has 0 aliphatic heterocycles. The molecule has 0 saturated carbocycles. The van der Waals surface area contributed by atoms with E-state index in [0.717, 1.165) is 0 Å². The van der Waals surface area contributed by atoms with E-state index in [0.29, 0.717) is 16.0 Å². The molecule has 27 heavy (non-hydrogen) atoms. The standard InChI is InChI=1S/C20H15BrO6/c21-18-11-10-17(27-18)20(23)26-16-8-6-14(7-9-16)19(22)25-13-12-24-15-4-2-1-3-5-15/h1-11H,12-13H2. The molecule has 0 unspecified atom stereocenters. The van der Waals surface area contributed by atoms with Crippen LogP contribution in [0.15, 0.2) is 75.8 Å². The SMILES string of the molecule is O=C(OCCOc1ccccc1)c1ccc(OC(=O)c2ccc(Br)o2)cc1. The number of rotatable bonds is 7. The predicted octanol–water partition coefficient (Wildman–Crippen LogP) is 4.50. The zero-order valence-electron chi connectivity index (χ0n) is 14.1. The molecule has 3 rings (SSSR count). The molecular formula is C20H15BrO6. The maximum atomic E-state index is 12.0. The van der Waals surface area contributed by atoms with Gasteiger partial charge in [0, 0.05) is 0 Å². The lowest BCUT2D eigenvalue weighted by molar-refractivity contribution is 0.0450. The summed E-state index contributed by atoms with van der Waals surface area (Å²) in [5, 5.41) is 0. The number of hydrogen-bond acceptors (Lipinski definition) is 6. The van der Waals surface area contributed by atoms with Crippen LogP contribution in [-0.4, -0.2) is 25.2 Å². The molecule has 0 amide bonds. The summed E-state index contributed by atoms with van der Waals surface area (Å²) in [7, 11) is 0. The van der Waals surface area contributed by atoms with Crippen molar-refractivity contribution < 1.29 is 28.2 Å². The van der Waals surface area contributed by atoms with E-state index in [2.05, 4.69) is 15.9 Å². The summed E-state index contributed by atoms with van der Waals surface area (Å²) < 4.78 is 21.3. The van der Waals surface area contributed by atoms with Gasteiger partial charge in [-0.2, -0.15) is 0 Å². The number of hydrogen-bond donors (Lipinski definition) is 0. The van der Waals surface area contributed by atoms with Crippen LogP contribution in [0.3, 0.4) is 0 Å². The number of ether oxygens (including phenoxy) is 3. The average molecular weight is 431 g/mol. The van der Waals surface area contributed by atoms with Crippen molar-refractivity contribution in [1.29, 1.82) is 0 Å². The molecule has 0 radical (unpaired) electrons. The third-order valence-electron chi connectivity index (χ3n) is 3.40. The number of esters is 2. The molecule has 138 valence electrons. The van der Waals surface area contributed by atoms with Crippen molar-refractivity contribution in [3.63, 3.8) is 0 Å². The van der Waals surface area contributed by atoms with Crippen LogP contribution in [-0.2, 0) is 4.74 Å². The monoisotopic (exact) mass is 430 g/mol. The van der Waals surface area contributed by atoms with Crippen molar-refractivity contribution in [2.24, 2.45) is 0 Å². The number of furan rings is 1. The zero-order valence-corrected chi connectivity index (χ0v) is 15.7. The molecule has 0 bridgehead atoms. The molecule has 7 heteroatoms. The summed E-state index contributed by atoms with van der Waals surface area (Å²) in [6, 6.07) is 18.4. The van der Waals surface area contributed by atoms with Crippen LogP contribution < -0.4 is 9.47 Å². The first-order valence-corrected chi connectivity index (χ1v) is 8.84. The van der Waals surface area contributed by atoms with E-state index >= 15 is 0 Å². The molecule has 2 aromatic carbocycles. The molecule has 6 nitrogen and oxygen atoms in total. The lowest BCUT2D eigenvalue weighted by Crippen LogP contribution is -2.12. The van der Waals surface area contributed by atoms with Crippen LogP contribution in [0.2, 0.25) is 0 Å². The molecule has 1 aromatic heterocycles. The largest absolute Gasteiger partial charge is 0.490 e. The Balaban J connectivity index is 1.46. The van der Waals surface area contributed by atoms with Gasteiger partial charge in [-0.25, -0.2) is 9.59 Å². The van der Waals surface area contributed by atoms with Crippen molar-refractivity contribution in [1.82, 2.24) is 0 Å². The highest BCUT2D eigenvalue weighted by Gasteiger charge is 2.14. The summed E-state index contributed by atoms with van der Waals surface area (Å²) in [6.07, 6.45) is 0. The van der Waals surface area contributed by atoms with E-state index in [1.807, 2.05) is 30.3 Å². The molecule has 0 aliphatic carbocycles. The highest BCUT2D eigenvalue weighted by atomic mass is 79.9. The maximum Gasteiger partial charge on any atom is 0.379 e. The van der Waals surface area contributed by atoms with Gasteiger partial charge in [0.15, 0.2) is 4.67 Å². The zero-order chi connectivity index (χ0) is 19.1. The van der Waals surface area contributed by atoms with Gasteiger partial charge >= 0.3 is 11.9 Å². The molecule has 0 saturated heterocycles. The fraction of sp³-hybridized carbons (Fsp3) is 0.100. The van der Waals surface area contributed by atoms with Gasteiger partial charge in [-0.05, 0) is 64.5 Å². The van der Waals surface area contributed by atoms with Crippen molar-refractivity contribution in [2.45, 2.75) is 0 Å². The second-order valence-electron chi connectivity index (χ2n) is 5.32. The van der Waals surface area contributed by atoms with Crippen molar-refractivity contribution in [3.8, 4) is 11.5 Å². The average Bonchev–Trinajstić information content (AvgIpc) is 3.13. The summed E-state index contributed by atoms with van der Waals surface area (Å²) in [4.78, 5) is 23.9. The normalized spacial score (nSPS) is 10.3. The number of halogens is 1. The number of benzene rings is 2. The van der Waals surface area contributed by atoms with Crippen LogP contribution in [0, 0.1) is 0 Å². The quantitative estimate of drug-likeness (QED) is 0.312. The Morgan fingerprint density at radius 1 is 0.815 bits per heavy atom. The molecule has 0 atom stereocenters. The van der Waals surface area contributed by atoms with Crippen LogP contribution in [0.25, 0.3) is 0 Å². The van der Waals surface area contributed by atoms with E-state index in [1.54, 1.807) is 6.07 Å². The Morgan fingerprint density at radius 2 is 1.56 bits per heavy atom. The highest BCUT2D eigenvalue weighted by Crippen LogP contribution is 2.18. The van der Waals surface area contributed by atoms with E-state index in [9.17, 15) is 9.59 Å². The number of carbonyl (C=O) groups excluding carboxylic acids is 2. The fourth-order valence-electron chi connectivity index (χ4n) is 2.13. The first-order chi connectivity index (χ1) is 13.1. The molecule has 3 aromatic rings. The highest BCUT2D eigenvalue weighted by molar-refractivity contribution is 9.10. The van der Waals surface area contributed by atoms with Gasteiger partial charge in [-0.3, -0.25) is 0 Å². The fourth-order valence-corrected chi connectivity index (χ4v) is 2.44. The number of carbonyl (C=O) groups is 2. The first kappa shape index (κ1) is 18.7. The first-order valence-electron chi connectivity index (χ1n) is 8.04. The van der Waals surface area contributed by atoms with Gasteiger partial charge in [-0.15, -0.1) is 0 Å². The van der Waals surface area contributed by atoms with E-state index in [-0.39, 0.29) is 24.7 Å². The topological polar surface area (TPSA) is 75.0 Å². The Labute approximate surface area is 163 Å². The van der Waals surface area contributed by atoms with E-state index < -0.39 is 11.9 Å². The van der Waals surface area contributed by atoms with Gasteiger partial charge in [0.05, 0.1) is 5.56 Å². The minimum atomic E-state index is -0.630. The van der Waals surface area contributed by atoms with Crippen LogP contribution in [0.1, 0.15) is 20.9 Å². The minimum absolute atomic E-state index is 0.0729. The third kappa shape index (κ3) is 5.46. The number of para-hydroxylation sites is 1. The summed E-state index contributed by atoms with van der Waals surface area (Å²) in [6.45, 7) is 0.377. The van der Waals surface area contributed by atoms with Crippen LogP contribution in [0.4, 0.5) is 0 Å². The molecular weight excluding hydrogens is 416 g/mol. The Kier molecular flexibility index (Phi) is 6.27. The molecule has 0 aliphatic rings. The minimum Gasteiger partial charge on any atom is -0.490 e. The molecule has 1 heterocycles. The Morgan fingerprint density at radius 3 is 2.22 bits per heavy atom. The lowest BCUT2D eigenvalue weighted by atomic mass is 10.2. The summed E-state index contributed by atoms with van der Waals surface area (Å²) in [5.74, 6) is -0.0443. The summed E-state index contributed by atoms with van der Waals surface area (Å²) in [5.41, 5.74) is 0.343. The Hall–Kier alpha value is -3.06.